The van der Waals surface area contributed by atoms with Crippen LogP contribution in [0.5, 0.6) is 11.5 Å². The third-order valence-corrected chi connectivity index (χ3v) is 4.65. The van der Waals surface area contributed by atoms with E-state index < -0.39 is 11.9 Å². The van der Waals surface area contributed by atoms with E-state index in [0.29, 0.717) is 33.7 Å². The number of aromatic nitrogens is 4. The summed E-state index contributed by atoms with van der Waals surface area (Å²) in [4.78, 5) is 0. The molecule has 0 aliphatic carbocycles. The van der Waals surface area contributed by atoms with E-state index in [2.05, 4.69) is 20.8 Å². The number of allylic oxidation sites excluding steroid dienone is 1. The van der Waals surface area contributed by atoms with E-state index in [0.717, 1.165) is 5.56 Å². The number of methoxy groups -OCH3 is 2. The molecule has 4 rings (SSSR count). The van der Waals surface area contributed by atoms with E-state index in [9.17, 15) is 4.39 Å². The predicted molar refractivity (Wildman–Crippen MR) is 98.5 cm³/mol. The Labute approximate surface area is 159 Å². The van der Waals surface area contributed by atoms with Crippen molar-refractivity contribution < 1.29 is 13.9 Å². The summed E-state index contributed by atoms with van der Waals surface area (Å²) in [5, 5.41) is 15.1. The lowest BCUT2D eigenvalue weighted by Crippen LogP contribution is -2.21. The summed E-state index contributed by atoms with van der Waals surface area (Å²) in [6.45, 7) is 0. The van der Waals surface area contributed by atoms with E-state index in [1.54, 1.807) is 32.4 Å². The Balaban J connectivity index is 1.85. The van der Waals surface area contributed by atoms with Crippen LogP contribution in [0.25, 0.3) is 5.70 Å². The fourth-order valence-corrected chi connectivity index (χ4v) is 3.30. The number of anilines is 1. The summed E-state index contributed by atoms with van der Waals surface area (Å²) < 4.78 is 26.7. The number of ether oxygens (including phenoxy) is 2. The summed E-state index contributed by atoms with van der Waals surface area (Å²) in [5.74, 6) is 1.13. The van der Waals surface area contributed by atoms with E-state index in [1.807, 2.05) is 18.2 Å². The number of fused-ring (bicyclic) bond motifs is 1. The zero-order valence-corrected chi connectivity index (χ0v) is 15.2. The minimum absolute atomic E-state index is 0.297. The second-order valence-corrected chi connectivity index (χ2v) is 6.21. The summed E-state index contributed by atoms with van der Waals surface area (Å²) in [5.41, 5.74) is 1.80. The minimum Gasteiger partial charge on any atom is -0.493 e. The van der Waals surface area contributed by atoms with Crippen LogP contribution in [0.15, 0.2) is 42.5 Å². The van der Waals surface area contributed by atoms with Crippen molar-refractivity contribution in [1.29, 1.82) is 0 Å². The Bertz CT molecular complexity index is 1020. The standard InChI is InChI=1S/C18H15ClFN5O2/c1-26-15-7-6-10(8-16(15)27-2)13-9-14(25-18(21-13)22-23-24-25)17-11(19)4-3-5-12(17)20/h3-9,14H,1-2H3,(H,21,22,24)/t14-/m1/s1. The van der Waals surface area contributed by atoms with Crippen LogP contribution >= 0.6 is 11.6 Å². The summed E-state index contributed by atoms with van der Waals surface area (Å²) in [6, 6.07) is 9.42. The highest BCUT2D eigenvalue weighted by Gasteiger charge is 2.28. The molecule has 0 spiro atoms. The van der Waals surface area contributed by atoms with E-state index in [1.165, 1.54) is 10.7 Å². The van der Waals surface area contributed by atoms with Gasteiger partial charge >= 0.3 is 0 Å². The van der Waals surface area contributed by atoms with Gasteiger partial charge in [0.25, 0.3) is 0 Å². The molecule has 27 heavy (non-hydrogen) atoms. The monoisotopic (exact) mass is 387 g/mol. The van der Waals surface area contributed by atoms with Gasteiger partial charge in [0.15, 0.2) is 11.5 Å². The quantitative estimate of drug-likeness (QED) is 0.738. The van der Waals surface area contributed by atoms with Crippen LogP contribution < -0.4 is 14.8 Å². The number of hydrogen-bond acceptors (Lipinski definition) is 6. The van der Waals surface area contributed by atoms with E-state index >= 15 is 0 Å². The van der Waals surface area contributed by atoms with Gasteiger partial charge in [-0.05, 0) is 46.8 Å². The molecule has 1 N–H and O–H groups in total. The fraction of sp³-hybridized carbons (Fsp3) is 0.167. The Hall–Kier alpha value is -3.13. The van der Waals surface area contributed by atoms with Gasteiger partial charge < -0.3 is 14.8 Å². The maximum atomic E-state index is 14.5. The first-order valence-corrected chi connectivity index (χ1v) is 8.43. The number of rotatable bonds is 4. The number of halogens is 2. The van der Waals surface area contributed by atoms with Gasteiger partial charge in [-0.25, -0.2) is 4.39 Å². The molecule has 1 aromatic heterocycles. The molecule has 1 aliphatic heterocycles. The van der Waals surface area contributed by atoms with E-state index in [4.69, 9.17) is 21.1 Å². The Morgan fingerprint density at radius 2 is 1.96 bits per heavy atom. The Morgan fingerprint density at radius 1 is 1.15 bits per heavy atom. The molecule has 3 aromatic rings. The molecule has 2 aromatic carbocycles. The van der Waals surface area contributed by atoms with Gasteiger partial charge in [0.2, 0.25) is 5.95 Å². The molecule has 0 saturated heterocycles. The Morgan fingerprint density at radius 3 is 2.70 bits per heavy atom. The molecule has 9 heteroatoms. The van der Waals surface area contributed by atoms with Crippen LogP contribution in [0.1, 0.15) is 17.2 Å². The minimum atomic E-state index is -0.604. The van der Waals surface area contributed by atoms with Crippen LogP contribution in [0.4, 0.5) is 10.3 Å². The first-order valence-electron chi connectivity index (χ1n) is 8.05. The lowest BCUT2D eigenvalue weighted by molar-refractivity contribution is 0.355. The topological polar surface area (TPSA) is 74.1 Å². The van der Waals surface area contributed by atoms with Crippen molar-refractivity contribution in [3.05, 3.63) is 64.4 Å². The van der Waals surface area contributed by atoms with Gasteiger partial charge in [-0.2, -0.15) is 4.68 Å². The molecule has 0 bridgehead atoms. The number of benzene rings is 2. The first-order chi connectivity index (χ1) is 13.1. The zero-order chi connectivity index (χ0) is 19.0. The number of tetrazole rings is 1. The summed E-state index contributed by atoms with van der Waals surface area (Å²) in [7, 11) is 3.13. The van der Waals surface area contributed by atoms with E-state index in [-0.39, 0.29) is 0 Å². The third kappa shape index (κ3) is 2.97. The van der Waals surface area contributed by atoms with Gasteiger partial charge in [-0.3, -0.25) is 0 Å². The van der Waals surface area contributed by atoms with Gasteiger partial charge in [-0.15, -0.1) is 0 Å². The van der Waals surface area contributed by atoms with Crippen LogP contribution in [-0.4, -0.2) is 34.4 Å². The SMILES string of the molecule is COc1ccc(C2=C[C@H](c3c(F)cccc3Cl)n3nnnc3N2)cc1OC. The molecule has 0 saturated carbocycles. The van der Waals surface area contributed by atoms with Crippen molar-refractivity contribution in [2.24, 2.45) is 0 Å². The predicted octanol–water partition coefficient (Wildman–Crippen LogP) is 3.54. The average molecular weight is 388 g/mol. The van der Waals surface area contributed by atoms with Crippen molar-refractivity contribution in [2.45, 2.75) is 6.04 Å². The maximum Gasteiger partial charge on any atom is 0.248 e. The largest absolute Gasteiger partial charge is 0.493 e. The molecule has 1 aliphatic rings. The molecule has 2 heterocycles. The maximum absolute atomic E-state index is 14.5. The highest BCUT2D eigenvalue weighted by molar-refractivity contribution is 6.31. The van der Waals surface area contributed by atoms with Crippen LogP contribution in [0.2, 0.25) is 5.02 Å². The third-order valence-electron chi connectivity index (χ3n) is 4.32. The molecule has 0 radical (unpaired) electrons. The van der Waals surface area contributed by atoms with Gasteiger partial charge in [0, 0.05) is 21.8 Å². The van der Waals surface area contributed by atoms with Crippen LogP contribution in [-0.2, 0) is 0 Å². The van der Waals surface area contributed by atoms with Gasteiger partial charge in [0.05, 0.1) is 14.2 Å². The number of nitrogens with zero attached hydrogens (tertiary/aromatic N) is 4. The van der Waals surface area contributed by atoms with Crippen molar-refractivity contribution in [2.75, 3.05) is 19.5 Å². The molecular weight excluding hydrogens is 373 g/mol. The number of nitrogens with one attached hydrogen (secondary N) is 1. The second kappa shape index (κ2) is 6.88. The molecule has 1 atom stereocenters. The van der Waals surface area contributed by atoms with Crippen LogP contribution in [0, 0.1) is 5.82 Å². The Kier molecular flexibility index (Phi) is 4.41. The number of hydrogen-bond donors (Lipinski definition) is 1. The molecule has 7 nitrogen and oxygen atoms in total. The lowest BCUT2D eigenvalue weighted by Gasteiger charge is -2.24. The van der Waals surface area contributed by atoms with Crippen molar-refractivity contribution >= 4 is 23.2 Å². The molecule has 0 amide bonds. The zero-order valence-electron chi connectivity index (χ0n) is 14.5. The van der Waals surface area contributed by atoms with Crippen LogP contribution in [0.3, 0.4) is 0 Å². The smallest absolute Gasteiger partial charge is 0.248 e. The van der Waals surface area contributed by atoms with Crippen molar-refractivity contribution in [3.63, 3.8) is 0 Å². The average Bonchev–Trinajstić information content (AvgIpc) is 3.16. The molecule has 138 valence electrons. The van der Waals surface area contributed by atoms with Crippen molar-refractivity contribution in [3.8, 4) is 11.5 Å². The first kappa shape index (κ1) is 17.3. The highest BCUT2D eigenvalue weighted by atomic mass is 35.5. The van der Waals surface area contributed by atoms with Gasteiger partial charge in [-0.1, -0.05) is 22.8 Å². The second-order valence-electron chi connectivity index (χ2n) is 5.80. The molecule has 0 fully saturated rings. The fourth-order valence-electron chi connectivity index (χ4n) is 3.02. The van der Waals surface area contributed by atoms with Gasteiger partial charge in [0.1, 0.15) is 11.9 Å². The normalized spacial score (nSPS) is 15.6. The lowest BCUT2D eigenvalue weighted by atomic mass is 10.0. The van der Waals surface area contributed by atoms with Crippen molar-refractivity contribution in [1.82, 2.24) is 20.2 Å². The highest BCUT2D eigenvalue weighted by Crippen LogP contribution is 2.37. The summed E-state index contributed by atoms with van der Waals surface area (Å²) >= 11 is 6.27. The molecule has 0 unspecified atom stereocenters. The molecular formula is C18H15ClFN5O2. The summed E-state index contributed by atoms with van der Waals surface area (Å²) in [6.07, 6.45) is 1.81.